The third kappa shape index (κ3) is 2.30. The number of fused-ring (bicyclic) bond motifs is 1. The van der Waals surface area contributed by atoms with Crippen molar-refractivity contribution in [1.82, 2.24) is 15.3 Å². The molecule has 1 amide bonds. The molecule has 0 aliphatic heterocycles. The van der Waals surface area contributed by atoms with Gasteiger partial charge in [-0.05, 0) is 32.9 Å². The van der Waals surface area contributed by atoms with E-state index in [1.807, 2.05) is 13.0 Å². The number of amides is 1. The summed E-state index contributed by atoms with van der Waals surface area (Å²) in [6.45, 7) is 5.25. The molecule has 0 radical (unpaired) electrons. The number of H-pyrrole nitrogens is 1. The topological polar surface area (TPSA) is 101 Å². The van der Waals surface area contributed by atoms with Crippen molar-refractivity contribution >= 4 is 17.0 Å². The standard InChI is InChI=1S/C15H15N3O4/c1-7-4-5-10(21-7)8(2)18-14(20)11-9(3)22-15-12(11)13(19)16-6-17-15/h4-6,8H,1-3H3,(H,18,20)(H,16,17,19)/t8-/m0/s1. The highest BCUT2D eigenvalue weighted by Crippen LogP contribution is 2.22. The minimum Gasteiger partial charge on any atom is -0.464 e. The molecule has 1 atom stereocenters. The van der Waals surface area contributed by atoms with Gasteiger partial charge in [-0.2, -0.15) is 0 Å². The second-order valence-corrected chi connectivity index (χ2v) is 5.09. The second-order valence-electron chi connectivity index (χ2n) is 5.09. The van der Waals surface area contributed by atoms with Crippen LogP contribution in [0.15, 0.2) is 32.1 Å². The van der Waals surface area contributed by atoms with Gasteiger partial charge in [0.1, 0.15) is 22.7 Å². The molecule has 0 unspecified atom stereocenters. The van der Waals surface area contributed by atoms with Gasteiger partial charge in [-0.15, -0.1) is 0 Å². The normalized spacial score (nSPS) is 12.5. The quantitative estimate of drug-likeness (QED) is 0.772. The number of aromatic nitrogens is 2. The van der Waals surface area contributed by atoms with Crippen LogP contribution in [0.3, 0.4) is 0 Å². The number of nitrogens with zero attached hydrogens (tertiary/aromatic N) is 1. The Morgan fingerprint density at radius 3 is 2.77 bits per heavy atom. The van der Waals surface area contributed by atoms with Crippen LogP contribution in [-0.2, 0) is 0 Å². The molecule has 3 rings (SSSR count). The fourth-order valence-corrected chi connectivity index (χ4v) is 2.35. The fraction of sp³-hybridized carbons (Fsp3) is 0.267. The molecular weight excluding hydrogens is 286 g/mol. The molecule has 0 saturated heterocycles. The zero-order valence-corrected chi connectivity index (χ0v) is 12.4. The predicted molar refractivity (Wildman–Crippen MR) is 78.7 cm³/mol. The highest BCUT2D eigenvalue weighted by molar-refractivity contribution is 6.06. The molecule has 7 nitrogen and oxygen atoms in total. The first-order valence-corrected chi connectivity index (χ1v) is 6.81. The molecule has 7 heteroatoms. The Bertz CT molecular complexity index is 903. The maximum atomic E-state index is 12.5. The SMILES string of the molecule is Cc1ccc([C@H](C)NC(=O)c2c(C)oc3nc[nH]c(=O)c23)o1. The molecular formula is C15H15N3O4. The summed E-state index contributed by atoms with van der Waals surface area (Å²) in [6.07, 6.45) is 1.24. The van der Waals surface area contributed by atoms with Crippen molar-refractivity contribution in [2.24, 2.45) is 0 Å². The van der Waals surface area contributed by atoms with Gasteiger partial charge >= 0.3 is 0 Å². The minimum absolute atomic E-state index is 0.146. The Balaban J connectivity index is 1.96. The van der Waals surface area contributed by atoms with Crippen LogP contribution in [0.4, 0.5) is 0 Å². The van der Waals surface area contributed by atoms with Gasteiger partial charge in [0, 0.05) is 0 Å². The summed E-state index contributed by atoms with van der Waals surface area (Å²) in [4.78, 5) is 30.8. The van der Waals surface area contributed by atoms with Crippen LogP contribution in [0.25, 0.3) is 11.1 Å². The van der Waals surface area contributed by atoms with Crippen molar-refractivity contribution in [1.29, 1.82) is 0 Å². The van der Waals surface area contributed by atoms with Crippen LogP contribution in [-0.4, -0.2) is 15.9 Å². The minimum atomic E-state index is -0.409. The zero-order valence-electron chi connectivity index (χ0n) is 12.4. The lowest BCUT2D eigenvalue weighted by Crippen LogP contribution is -2.27. The molecule has 0 aliphatic rings. The summed E-state index contributed by atoms with van der Waals surface area (Å²) in [5.74, 6) is 1.35. The van der Waals surface area contributed by atoms with Crippen molar-refractivity contribution in [3.63, 3.8) is 0 Å². The largest absolute Gasteiger partial charge is 0.464 e. The zero-order chi connectivity index (χ0) is 15.9. The Kier molecular flexibility index (Phi) is 3.32. The number of furan rings is 2. The number of carbonyl (C=O) groups excluding carboxylic acids is 1. The maximum absolute atomic E-state index is 12.5. The molecule has 114 valence electrons. The van der Waals surface area contributed by atoms with E-state index in [4.69, 9.17) is 8.83 Å². The molecule has 3 heterocycles. The van der Waals surface area contributed by atoms with Crippen molar-refractivity contribution in [2.45, 2.75) is 26.8 Å². The van der Waals surface area contributed by atoms with Gasteiger partial charge in [-0.3, -0.25) is 9.59 Å². The van der Waals surface area contributed by atoms with E-state index in [-0.39, 0.29) is 22.7 Å². The van der Waals surface area contributed by atoms with Crippen LogP contribution >= 0.6 is 0 Å². The summed E-state index contributed by atoms with van der Waals surface area (Å²) >= 11 is 0. The van der Waals surface area contributed by atoms with E-state index >= 15 is 0 Å². The van der Waals surface area contributed by atoms with Gasteiger partial charge in [-0.25, -0.2) is 4.98 Å². The van der Waals surface area contributed by atoms with E-state index in [0.29, 0.717) is 11.5 Å². The smallest absolute Gasteiger partial charge is 0.262 e. The average Bonchev–Trinajstić information content (AvgIpc) is 3.02. The molecule has 2 N–H and O–H groups in total. The molecule has 22 heavy (non-hydrogen) atoms. The predicted octanol–water partition coefficient (Wildman–Crippen LogP) is 2.22. The van der Waals surface area contributed by atoms with E-state index < -0.39 is 11.5 Å². The Hall–Kier alpha value is -2.83. The molecule has 0 saturated carbocycles. The molecule has 0 fully saturated rings. The fourth-order valence-electron chi connectivity index (χ4n) is 2.35. The van der Waals surface area contributed by atoms with Crippen LogP contribution in [0.2, 0.25) is 0 Å². The van der Waals surface area contributed by atoms with E-state index in [0.717, 1.165) is 5.76 Å². The van der Waals surface area contributed by atoms with Crippen LogP contribution in [0, 0.1) is 13.8 Å². The van der Waals surface area contributed by atoms with Crippen molar-refractivity contribution in [2.75, 3.05) is 0 Å². The first kappa shape index (κ1) is 14.1. The highest BCUT2D eigenvalue weighted by Gasteiger charge is 2.23. The number of carbonyl (C=O) groups is 1. The van der Waals surface area contributed by atoms with Crippen LogP contribution < -0.4 is 10.9 Å². The number of hydrogen-bond acceptors (Lipinski definition) is 5. The third-order valence-corrected chi connectivity index (χ3v) is 3.43. The lowest BCUT2D eigenvalue weighted by Gasteiger charge is -2.11. The molecule has 0 aliphatic carbocycles. The maximum Gasteiger partial charge on any atom is 0.262 e. The number of aryl methyl sites for hydroxylation is 2. The second kappa shape index (κ2) is 5.18. The monoisotopic (exact) mass is 301 g/mol. The first-order valence-electron chi connectivity index (χ1n) is 6.81. The lowest BCUT2D eigenvalue weighted by molar-refractivity contribution is 0.0935. The molecule has 0 bridgehead atoms. The van der Waals surface area contributed by atoms with Gasteiger partial charge < -0.3 is 19.1 Å². The van der Waals surface area contributed by atoms with Gasteiger partial charge in [0.05, 0.1) is 17.9 Å². The van der Waals surface area contributed by atoms with Crippen LogP contribution in [0.5, 0.6) is 0 Å². The Morgan fingerprint density at radius 1 is 1.32 bits per heavy atom. The van der Waals surface area contributed by atoms with Gasteiger partial charge in [-0.1, -0.05) is 0 Å². The molecule has 3 aromatic rings. The van der Waals surface area contributed by atoms with Gasteiger partial charge in [0.15, 0.2) is 0 Å². The molecule has 0 spiro atoms. The average molecular weight is 301 g/mol. The number of nitrogens with one attached hydrogen (secondary N) is 2. The van der Waals surface area contributed by atoms with E-state index in [1.165, 1.54) is 6.33 Å². The lowest BCUT2D eigenvalue weighted by atomic mass is 10.1. The summed E-state index contributed by atoms with van der Waals surface area (Å²) in [6, 6.07) is 3.29. The summed E-state index contributed by atoms with van der Waals surface area (Å²) in [5.41, 5.74) is -0.0686. The highest BCUT2D eigenvalue weighted by atomic mass is 16.3. The number of hydrogen-bond donors (Lipinski definition) is 2. The summed E-state index contributed by atoms with van der Waals surface area (Å²) < 4.78 is 10.9. The van der Waals surface area contributed by atoms with Crippen molar-refractivity contribution < 1.29 is 13.6 Å². The Labute approximate surface area is 125 Å². The molecule has 3 aromatic heterocycles. The number of aromatic amines is 1. The van der Waals surface area contributed by atoms with Crippen molar-refractivity contribution in [3.8, 4) is 0 Å². The van der Waals surface area contributed by atoms with Crippen LogP contribution in [0.1, 0.15) is 40.6 Å². The van der Waals surface area contributed by atoms with E-state index in [9.17, 15) is 9.59 Å². The third-order valence-electron chi connectivity index (χ3n) is 3.43. The Morgan fingerprint density at radius 2 is 2.09 bits per heavy atom. The number of rotatable bonds is 3. The van der Waals surface area contributed by atoms with E-state index in [1.54, 1.807) is 19.9 Å². The first-order chi connectivity index (χ1) is 10.5. The summed E-state index contributed by atoms with van der Waals surface area (Å²) in [5, 5.41) is 2.95. The summed E-state index contributed by atoms with van der Waals surface area (Å²) in [7, 11) is 0. The van der Waals surface area contributed by atoms with Gasteiger partial charge in [0.25, 0.3) is 11.5 Å². The van der Waals surface area contributed by atoms with Gasteiger partial charge in [0.2, 0.25) is 5.71 Å². The van der Waals surface area contributed by atoms with Crippen molar-refractivity contribution in [3.05, 3.63) is 51.7 Å². The van der Waals surface area contributed by atoms with E-state index in [2.05, 4.69) is 15.3 Å². The molecule has 0 aromatic carbocycles.